The highest BCUT2D eigenvalue weighted by Crippen LogP contribution is 2.37. The van der Waals surface area contributed by atoms with E-state index in [0.717, 1.165) is 27.8 Å². The van der Waals surface area contributed by atoms with E-state index in [1.165, 1.54) is 10.8 Å². The van der Waals surface area contributed by atoms with Gasteiger partial charge in [-0.25, -0.2) is 4.98 Å². The van der Waals surface area contributed by atoms with Crippen molar-refractivity contribution in [2.45, 2.75) is 26.2 Å². The fraction of sp³-hybridized carbons (Fsp3) is 0.211. The Hall–Kier alpha value is -2.35. The molecule has 3 aromatic carbocycles. The zero-order valence-electron chi connectivity index (χ0n) is 12.5. The van der Waals surface area contributed by atoms with Crippen molar-refractivity contribution in [3.05, 3.63) is 54.4 Å². The van der Waals surface area contributed by atoms with Gasteiger partial charge < -0.3 is 4.42 Å². The molecule has 1 heterocycles. The van der Waals surface area contributed by atoms with Crippen molar-refractivity contribution in [2.75, 3.05) is 0 Å². The largest absolute Gasteiger partial charge is 0.439 e. The monoisotopic (exact) mass is 275 g/mol. The zero-order chi connectivity index (χ0) is 14.6. The van der Waals surface area contributed by atoms with Gasteiger partial charge in [-0.1, -0.05) is 69.3 Å². The molecule has 0 N–H and O–H groups in total. The third-order valence-electron chi connectivity index (χ3n) is 3.91. The molecular formula is C19H17NO. The average molecular weight is 275 g/mol. The van der Waals surface area contributed by atoms with E-state index in [9.17, 15) is 0 Å². The van der Waals surface area contributed by atoms with Crippen LogP contribution in [-0.4, -0.2) is 4.98 Å². The summed E-state index contributed by atoms with van der Waals surface area (Å²) >= 11 is 0. The van der Waals surface area contributed by atoms with Gasteiger partial charge >= 0.3 is 0 Å². The molecule has 0 unspecified atom stereocenters. The Labute approximate surface area is 123 Å². The molecule has 0 aliphatic carbocycles. The number of aromatic nitrogens is 1. The van der Waals surface area contributed by atoms with Crippen LogP contribution < -0.4 is 0 Å². The molecule has 0 atom stereocenters. The maximum atomic E-state index is 6.14. The lowest BCUT2D eigenvalue weighted by molar-refractivity contribution is 0.412. The molecule has 0 saturated heterocycles. The third kappa shape index (κ3) is 1.75. The average Bonchev–Trinajstić information content (AvgIpc) is 2.93. The summed E-state index contributed by atoms with van der Waals surface area (Å²) in [6, 6.07) is 16.8. The summed E-state index contributed by atoms with van der Waals surface area (Å²) in [6.07, 6.45) is 0. The molecule has 0 radical (unpaired) electrons. The summed E-state index contributed by atoms with van der Waals surface area (Å²) in [5, 5.41) is 4.74. The highest BCUT2D eigenvalue weighted by atomic mass is 16.3. The number of benzene rings is 3. The SMILES string of the molecule is CC(C)(C)c1nc2c3ccccc3c3ccccc3c2o1. The highest BCUT2D eigenvalue weighted by molar-refractivity contribution is 6.22. The molecule has 4 rings (SSSR count). The Bertz CT molecular complexity index is 901. The molecule has 0 aliphatic rings. The summed E-state index contributed by atoms with van der Waals surface area (Å²) in [4.78, 5) is 4.80. The van der Waals surface area contributed by atoms with Gasteiger partial charge in [0.25, 0.3) is 0 Å². The van der Waals surface area contributed by atoms with Gasteiger partial charge in [0.2, 0.25) is 5.89 Å². The second-order valence-corrected chi connectivity index (χ2v) is 6.54. The zero-order valence-corrected chi connectivity index (χ0v) is 12.5. The first kappa shape index (κ1) is 12.4. The van der Waals surface area contributed by atoms with Crippen LogP contribution in [-0.2, 0) is 5.41 Å². The van der Waals surface area contributed by atoms with E-state index in [0.29, 0.717) is 0 Å². The Morgan fingerprint density at radius 3 is 1.90 bits per heavy atom. The molecule has 4 aromatic rings. The second-order valence-electron chi connectivity index (χ2n) is 6.54. The molecule has 0 amide bonds. The van der Waals surface area contributed by atoms with Gasteiger partial charge in [-0.15, -0.1) is 0 Å². The fourth-order valence-electron chi connectivity index (χ4n) is 2.85. The molecule has 2 nitrogen and oxygen atoms in total. The summed E-state index contributed by atoms with van der Waals surface area (Å²) in [5.74, 6) is 0.791. The molecule has 0 aliphatic heterocycles. The predicted molar refractivity (Wildman–Crippen MR) is 87.7 cm³/mol. The number of fused-ring (bicyclic) bond motifs is 6. The number of rotatable bonds is 0. The summed E-state index contributed by atoms with van der Waals surface area (Å²) in [6.45, 7) is 6.38. The van der Waals surface area contributed by atoms with Crippen molar-refractivity contribution in [1.29, 1.82) is 0 Å². The van der Waals surface area contributed by atoms with E-state index in [-0.39, 0.29) is 5.41 Å². The van der Waals surface area contributed by atoms with Gasteiger partial charge in [-0.05, 0) is 10.8 Å². The van der Waals surface area contributed by atoms with E-state index < -0.39 is 0 Å². The van der Waals surface area contributed by atoms with E-state index in [1.807, 2.05) is 0 Å². The molecule has 1 aromatic heterocycles. The standard InChI is InChI=1S/C19H17NO/c1-19(2,3)18-20-16-14-10-6-4-8-12(14)13-9-5-7-11-15(13)17(16)21-18/h4-11H,1-3H3. The molecule has 0 bridgehead atoms. The van der Waals surface area contributed by atoms with Gasteiger partial charge in [0.1, 0.15) is 5.52 Å². The van der Waals surface area contributed by atoms with Crippen LogP contribution in [0.4, 0.5) is 0 Å². The minimum atomic E-state index is -0.0960. The van der Waals surface area contributed by atoms with Gasteiger partial charge in [0.05, 0.1) is 0 Å². The second kappa shape index (κ2) is 4.08. The topological polar surface area (TPSA) is 26.0 Å². The summed E-state index contributed by atoms with van der Waals surface area (Å²) in [5.41, 5.74) is 1.77. The van der Waals surface area contributed by atoms with Gasteiger partial charge in [0, 0.05) is 16.2 Å². The molecular weight excluding hydrogens is 258 g/mol. The first-order valence-electron chi connectivity index (χ1n) is 7.26. The summed E-state index contributed by atoms with van der Waals surface area (Å²) < 4.78 is 6.14. The van der Waals surface area contributed by atoms with E-state index >= 15 is 0 Å². The van der Waals surface area contributed by atoms with Crippen molar-refractivity contribution in [3.8, 4) is 0 Å². The Balaban J connectivity index is 2.29. The van der Waals surface area contributed by atoms with Crippen LogP contribution in [0.1, 0.15) is 26.7 Å². The minimum absolute atomic E-state index is 0.0960. The lowest BCUT2D eigenvalue weighted by Gasteiger charge is -2.11. The molecule has 0 saturated carbocycles. The lowest BCUT2D eigenvalue weighted by atomic mass is 9.97. The van der Waals surface area contributed by atoms with Crippen molar-refractivity contribution in [1.82, 2.24) is 4.98 Å². The van der Waals surface area contributed by atoms with Crippen LogP contribution in [0.5, 0.6) is 0 Å². The maximum Gasteiger partial charge on any atom is 0.200 e. The van der Waals surface area contributed by atoms with Crippen molar-refractivity contribution < 1.29 is 4.42 Å². The maximum absolute atomic E-state index is 6.14. The Kier molecular flexibility index (Phi) is 2.41. The normalized spacial score (nSPS) is 12.5. The molecule has 2 heteroatoms. The van der Waals surface area contributed by atoms with Gasteiger partial charge in [-0.2, -0.15) is 0 Å². The van der Waals surface area contributed by atoms with E-state index in [4.69, 9.17) is 9.40 Å². The smallest absolute Gasteiger partial charge is 0.200 e. The Morgan fingerprint density at radius 1 is 0.762 bits per heavy atom. The number of hydrogen-bond donors (Lipinski definition) is 0. The minimum Gasteiger partial charge on any atom is -0.439 e. The van der Waals surface area contributed by atoms with Crippen molar-refractivity contribution >= 4 is 32.6 Å². The highest BCUT2D eigenvalue weighted by Gasteiger charge is 2.23. The van der Waals surface area contributed by atoms with Crippen LogP contribution in [0.25, 0.3) is 32.6 Å². The van der Waals surface area contributed by atoms with E-state index in [2.05, 4.69) is 69.3 Å². The van der Waals surface area contributed by atoms with Gasteiger partial charge in [-0.3, -0.25) is 0 Å². The van der Waals surface area contributed by atoms with Gasteiger partial charge in [0.15, 0.2) is 5.58 Å². The molecule has 104 valence electrons. The number of nitrogens with zero attached hydrogens (tertiary/aromatic N) is 1. The molecule has 0 fully saturated rings. The van der Waals surface area contributed by atoms with Crippen LogP contribution in [0, 0.1) is 0 Å². The van der Waals surface area contributed by atoms with Crippen LogP contribution >= 0.6 is 0 Å². The van der Waals surface area contributed by atoms with Crippen LogP contribution in [0.3, 0.4) is 0 Å². The van der Waals surface area contributed by atoms with Crippen molar-refractivity contribution in [3.63, 3.8) is 0 Å². The first-order valence-corrected chi connectivity index (χ1v) is 7.26. The molecule has 21 heavy (non-hydrogen) atoms. The van der Waals surface area contributed by atoms with Crippen LogP contribution in [0.15, 0.2) is 52.9 Å². The fourth-order valence-corrected chi connectivity index (χ4v) is 2.85. The Morgan fingerprint density at radius 2 is 1.29 bits per heavy atom. The van der Waals surface area contributed by atoms with Crippen LogP contribution in [0.2, 0.25) is 0 Å². The predicted octanol–water partition coefficient (Wildman–Crippen LogP) is 5.43. The summed E-state index contributed by atoms with van der Waals surface area (Å²) in [7, 11) is 0. The number of hydrogen-bond acceptors (Lipinski definition) is 2. The number of oxazole rings is 1. The third-order valence-corrected chi connectivity index (χ3v) is 3.91. The van der Waals surface area contributed by atoms with E-state index in [1.54, 1.807) is 0 Å². The van der Waals surface area contributed by atoms with Crippen molar-refractivity contribution in [2.24, 2.45) is 0 Å². The first-order chi connectivity index (χ1) is 10.1. The molecule has 0 spiro atoms. The quantitative estimate of drug-likeness (QED) is 0.400. The lowest BCUT2D eigenvalue weighted by Crippen LogP contribution is -2.10.